The van der Waals surface area contributed by atoms with E-state index in [2.05, 4.69) is 5.32 Å². The second-order valence-electron chi connectivity index (χ2n) is 5.02. The number of aliphatic hydroxyl groups is 5. The fourth-order valence-corrected chi connectivity index (χ4v) is 2.30. The number of methoxy groups -OCH3 is 1. The third-order valence-electron chi connectivity index (χ3n) is 3.47. The second-order valence-corrected chi connectivity index (χ2v) is 5.02. The standard InChI is InChI=1S/C12H21NO9/c1-21-7(3-14)10(19)11-9(13-8(18)4-15)6(17)2-12(20,5-16)22-11/h5-7,9-11,14-15,17,19-20H,2-4H2,1H3,(H,13,18). The summed E-state index contributed by atoms with van der Waals surface area (Å²) in [7, 11) is 1.20. The quantitative estimate of drug-likeness (QED) is 0.255. The Bertz CT molecular complexity index is 389. The Labute approximate surface area is 126 Å². The van der Waals surface area contributed by atoms with Crippen molar-refractivity contribution in [2.24, 2.45) is 0 Å². The molecule has 1 amide bonds. The topological polar surface area (TPSA) is 166 Å². The summed E-state index contributed by atoms with van der Waals surface area (Å²) in [5.74, 6) is -3.20. The predicted octanol–water partition coefficient (Wildman–Crippen LogP) is -4.13. The largest absolute Gasteiger partial charge is 0.394 e. The molecule has 0 aromatic heterocycles. The number of aliphatic hydroxyl groups excluding tert-OH is 4. The number of carbonyl (C=O) groups excluding carboxylic acids is 2. The van der Waals surface area contributed by atoms with E-state index in [4.69, 9.17) is 19.7 Å². The fourth-order valence-electron chi connectivity index (χ4n) is 2.30. The smallest absolute Gasteiger partial charge is 0.246 e. The number of hydrogen-bond acceptors (Lipinski definition) is 9. The maximum absolute atomic E-state index is 11.3. The van der Waals surface area contributed by atoms with Crippen LogP contribution in [-0.4, -0.2) is 94.3 Å². The van der Waals surface area contributed by atoms with Crippen molar-refractivity contribution in [3.05, 3.63) is 0 Å². The second kappa shape index (κ2) is 7.92. The zero-order valence-electron chi connectivity index (χ0n) is 12.0. The SMILES string of the molecule is COC(CO)C(O)C1OC(O)(C=O)CC(O)C1NC(=O)CO. The molecule has 1 aliphatic rings. The van der Waals surface area contributed by atoms with Gasteiger partial charge in [-0.1, -0.05) is 0 Å². The summed E-state index contributed by atoms with van der Waals surface area (Å²) in [6.07, 6.45) is -6.07. The molecule has 10 heteroatoms. The minimum atomic E-state index is -2.35. The summed E-state index contributed by atoms with van der Waals surface area (Å²) < 4.78 is 9.93. The molecule has 6 atom stereocenters. The van der Waals surface area contributed by atoms with Gasteiger partial charge in [-0.2, -0.15) is 0 Å². The van der Waals surface area contributed by atoms with Crippen molar-refractivity contribution in [1.29, 1.82) is 0 Å². The molecule has 1 aliphatic heterocycles. The molecule has 0 aromatic carbocycles. The number of nitrogens with one attached hydrogen (secondary N) is 1. The van der Waals surface area contributed by atoms with Crippen LogP contribution in [0.4, 0.5) is 0 Å². The van der Waals surface area contributed by atoms with Crippen molar-refractivity contribution < 1.29 is 44.6 Å². The van der Waals surface area contributed by atoms with Gasteiger partial charge in [0.25, 0.3) is 0 Å². The van der Waals surface area contributed by atoms with E-state index >= 15 is 0 Å². The van der Waals surface area contributed by atoms with E-state index in [1.807, 2.05) is 0 Å². The van der Waals surface area contributed by atoms with E-state index in [0.717, 1.165) is 0 Å². The molecule has 6 unspecified atom stereocenters. The van der Waals surface area contributed by atoms with Gasteiger partial charge in [-0.25, -0.2) is 0 Å². The van der Waals surface area contributed by atoms with Gasteiger partial charge in [0.05, 0.1) is 18.8 Å². The highest BCUT2D eigenvalue weighted by atomic mass is 16.6. The average Bonchev–Trinajstić information content (AvgIpc) is 2.50. The summed E-state index contributed by atoms with van der Waals surface area (Å²) >= 11 is 0. The van der Waals surface area contributed by atoms with Crippen molar-refractivity contribution in [2.45, 2.75) is 42.7 Å². The minimum absolute atomic E-state index is 0.0563. The summed E-state index contributed by atoms with van der Waals surface area (Å²) in [5, 5.41) is 50.2. The van der Waals surface area contributed by atoms with Crippen molar-refractivity contribution in [3.63, 3.8) is 0 Å². The number of aldehydes is 1. The van der Waals surface area contributed by atoms with Crippen molar-refractivity contribution in [2.75, 3.05) is 20.3 Å². The lowest BCUT2D eigenvalue weighted by molar-refractivity contribution is -0.281. The maximum Gasteiger partial charge on any atom is 0.246 e. The normalized spacial score (nSPS) is 34.7. The fraction of sp³-hybridized carbons (Fsp3) is 0.833. The van der Waals surface area contributed by atoms with Gasteiger partial charge in [0, 0.05) is 13.5 Å². The van der Waals surface area contributed by atoms with Gasteiger partial charge in [-0.3, -0.25) is 9.59 Å². The summed E-state index contributed by atoms with van der Waals surface area (Å²) in [5.41, 5.74) is 0. The van der Waals surface area contributed by atoms with Crippen LogP contribution in [0.25, 0.3) is 0 Å². The Morgan fingerprint density at radius 1 is 1.55 bits per heavy atom. The van der Waals surface area contributed by atoms with Crippen LogP contribution >= 0.6 is 0 Å². The molecule has 0 aliphatic carbocycles. The number of ether oxygens (including phenoxy) is 2. The number of rotatable bonds is 7. The monoisotopic (exact) mass is 323 g/mol. The van der Waals surface area contributed by atoms with Gasteiger partial charge in [-0.15, -0.1) is 0 Å². The minimum Gasteiger partial charge on any atom is -0.394 e. The third kappa shape index (κ3) is 4.20. The average molecular weight is 323 g/mol. The Morgan fingerprint density at radius 3 is 2.64 bits per heavy atom. The van der Waals surface area contributed by atoms with E-state index in [9.17, 15) is 24.9 Å². The van der Waals surface area contributed by atoms with Crippen LogP contribution in [0.1, 0.15) is 6.42 Å². The Balaban J connectivity index is 3.04. The first-order valence-corrected chi connectivity index (χ1v) is 6.58. The highest BCUT2D eigenvalue weighted by molar-refractivity contribution is 5.77. The molecule has 0 saturated carbocycles. The maximum atomic E-state index is 11.3. The summed E-state index contributed by atoms with van der Waals surface area (Å²) in [4.78, 5) is 22.2. The lowest BCUT2D eigenvalue weighted by atomic mass is 9.89. The molecule has 0 bridgehead atoms. The third-order valence-corrected chi connectivity index (χ3v) is 3.47. The first-order chi connectivity index (χ1) is 10.3. The number of carbonyl (C=O) groups is 2. The van der Waals surface area contributed by atoms with Crippen LogP contribution in [0.2, 0.25) is 0 Å². The Morgan fingerprint density at radius 2 is 2.18 bits per heavy atom. The zero-order chi connectivity index (χ0) is 16.9. The summed E-state index contributed by atoms with van der Waals surface area (Å²) in [6.45, 7) is -1.47. The molecular formula is C12H21NO9. The van der Waals surface area contributed by atoms with Crippen LogP contribution < -0.4 is 5.32 Å². The van der Waals surface area contributed by atoms with Gasteiger partial charge >= 0.3 is 0 Å². The lowest BCUT2D eigenvalue weighted by Crippen LogP contribution is -2.66. The van der Waals surface area contributed by atoms with Crippen LogP contribution in [0.5, 0.6) is 0 Å². The first kappa shape index (κ1) is 18.9. The van der Waals surface area contributed by atoms with E-state index in [-0.39, 0.29) is 6.29 Å². The predicted molar refractivity (Wildman–Crippen MR) is 69.4 cm³/mol. The molecule has 0 spiro atoms. The molecule has 6 N–H and O–H groups in total. The van der Waals surface area contributed by atoms with Crippen molar-refractivity contribution in [3.8, 4) is 0 Å². The van der Waals surface area contributed by atoms with Gasteiger partial charge < -0.3 is 40.3 Å². The molecule has 10 nitrogen and oxygen atoms in total. The zero-order valence-corrected chi connectivity index (χ0v) is 12.0. The van der Waals surface area contributed by atoms with Gasteiger partial charge in [0.15, 0.2) is 6.29 Å². The van der Waals surface area contributed by atoms with Gasteiger partial charge in [0.2, 0.25) is 11.7 Å². The molecule has 0 radical (unpaired) electrons. The highest BCUT2D eigenvalue weighted by Gasteiger charge is 2.50. The molecule has 1 heterocycles. The van der Waals surface area contributed by atoms with Crippen molar-refractivity contribution >= 4 is 12.2 Å². The number of hydrogen-bond donors (Lipinski definition) is 6. The lowest BCUT2D eigenvalue weighted by Gasteiger charge is -2.44. The van der Waals surface area contributed by atoms with Gasteiger partial charge in [0.1, 0.15) is 24.9 Å². The van der Waals surface area contributed by atoms with E-state index in [0.29, 0.717) is 0 Å². The van der Waals surface area contributed by atoms with Crippen LogP contribution in [-0.2, 0) is 19.1 Å². The van der Waals surface area contributed by atoms with Crippen LogP contribution in [0, 0.1) is 0 Å². The van der Waals surface area contributed by atoms with E-state index in [1.54, 1.807) is 0 Å². The van der Waals surface area contributed by atoms with Crippen LogP contribution in [0.15, 0.2) is 0 Å². The molecule has 128 valence electrons. The Kier molecular flexibility index (Phi) is 6.81. The van der Waals surface area contributed by atoms with E-state index < -0.39 is 61.8 Å². The molecule has 22 heavy (non-hydrogen) atoms. The molecule has 0 aromatic rings. The Hall–Kier alpha value is -1.14. The summed E-state index contributed by atoms with van der Waals surface area (Å²) in [6, 6.07) is -1.22. The molecule has 1 saturated heterocycles. The van der Waals surface area contributed by atoms with E-state index in [1.165, 1.54) is 7.11 Å². The first-order valence-electron chi connectivity index (χ1n) is 6.58. The van der Waals surface area contributed by atoms with Gasteiger partial charge in [-0.05, 0) is 0 Å². The van der Waals surface area contributed by atoms with Crippen LogP contribution in [0.3, 0.4) is 0 Å². The molecule has 1 fully saturated rings. The molecule has 1 rings (SSSR count). The van der Waals surface area contributed by atoms with Crippen molar-refractivity contribution in [1.82, 2.24) is 5.32 Å². The highest BCUT2D eigenvalue weighted by Crippen LogP contribution is 2.29. The molecular weight excluding hydrogens is 302 g/mol. The number of amides is 1.